The van der Waals surface area contributed by atoms with Gasteiger partial charge in [-0.1, -0.05) is 19.3 Å². The summed E-state index contributed by atoms with van der Waals surface area (Å²) in [5.41, 5.74) is 0. The van der Waals surface area contributed by atoms with Gasteiger partial charge in [0.2, 0.25) is 5.91 Å². The zero-order valence-corrected chi connectivity index (χ0v) is 10.2. The quantitative estimate of drug-likeness (QED) is 0.780. The van der Waals surface area contributed by atoms with Crippen molar-refractivity contribution in [1.29, 1.82) is 0 Å². The Bertz CT molecular complexity index is 248. The summed E-state index contributed by atoms with van der Waals surface area (Å²) in [5, 5.41) is 9.47. The van der Waals surface area contributed by atoms with Gasteiger partial charge in [-0.15, -0.1) is 0 Å². The van der Waals surface area contributed by atoms with E-state index in [1.54, 1.807) is 0 Å². The number of nitrogens with zero attached hydrogens (tertiary/aromatic N) is 1. The standard InChI is InChI=1S/C13H23NO2/c1-14(11-5-3-2-4-6-11)13(16)10-7-8-12(15)9-10/h10-12,15H,2-9H2,1H3/t10-,12-/m1/s1. The molecule has 2 rings (SSSR count). The Morgan fingerprint density at radius 3 is 2.38 bits per heavy atom. The first-order chi connectivity index (χ1) is 7.68. The van der Waals surface area contributed by atoms with Crippen molar-refractivity contribution >= 4 is 5.91 Å². The van der Waals surface area contributed by atoms with Crippen molar-refractivity contribution in [3.05, 3.63) is 0 Å². The summed E-state index contributed by atoms with van der Waals surface area (Å²) < 4.78 is 0. The van der Waals surface area contributed by atoms with Gasteiger partial charge in [0.1, 0.15) is 0 Å². The summed E-state index contributed by atoms with van der Waals surface area (Å²) in [4.78, 5) is 14.2. The SMILES string of the molecule is CN(C(=O)[C@@H]1CC[C@@H](O)C1)C1CCCCC1. The number of aliphatic hydroxyl groups is 1. The molecule has 92 valence electrons. The van der Waals surface area contributed by atoms with Gasteiger partial charge < -0.3 is 10.0 Å². The Balaban J connectivity index is 1.88. The lowest BCUT2D eigenvalue weighted by Crippen LogP contribution is -2.41. The monoisotopic (exact) mass is 225 g/mol. The fourth-order valence-electron chi connectivity index (χ4n) is 3.12. The van der Waals surface area contributed by atoms with Crippen molar-refractivity contribution in [2.75, 3.05) is 7.05 Å². The number of hydrogen-bond acceptors (Lipinski definition) is 2. The Morgan fingerprint density at radius 1 is 1.12 bits per heavy atom. The first kappa shape index (κ1) is 11.9. The van der Waals surface area contributed by atoms with Crippen LogP contribution >= 0.6 is 0 Å². The van der Waals surface area contributed by atoms with E-state index in [0.717, 1.165) is 25.7 Å². The topological polar surface area (TPSA) is 40.5 Å². The third-order valence-electron chi connectivity index (χ3n) is 4.22. The molecule has 2 fully saturated rings. The molecule has 0 spiro atoms. The smallest absolute Gasteiger partial charge is 0.225 e. The molecule has 0 aromatic carbocycles. The van der Waals surface area contributed by atoms with E-state index in [2.05, 4.69) is 0 Å². The summed E-state index contributed by atoms with van der Waals surface area (Å²) in [7, 11) is 1.95. The molecule has 3 heteroatoms. The van der Waals surface area contributed by atoms with Gasteiger partial charge in [-0.05, 0) is 32.1 Å². The van der Waals surface area contributed by atoms with Gasteiger partial charge >= 0.3 is 0 Å². The van der Waals surface area contributed by atoms with Gasteiger partial charge in [0.15, 0.2) is 0 Å². The average Bonchev–Trinajstić information content (AvgIpc) is 2.75. The molecular weight excluding hydrogens is 202 g/mol. The molecule has 0 radical (unpaired) electrons. The van der Waals surface area contributed by atoms with Gasteiger partial charge in [-0.3, -0.25) is 4.79 Å². The second-order valence-corrected chi connectivity index (χ2v) is 5.40. The maximum Gasteiger partial charge on any atom is 0.225 e. The van der Waals surface area contributed by atoms with E-state index < -0.39 is 0 Å². The first-order valence-electron chi connectivity index (χ1n) is 6.63. The molecular formula is C13H23NO2. The van der Waals surface area contributed by atoms with Crippen LogP contribution in [0.25, 0.3) is 0 Å². The van der Waals surface area contributed by atoms with Crippen molar-refractivity contribution in [3.63, 3.8) is 0 Å². The van der Waals surface area contributed by atoms with Crippen LogP contribution in [0.15, 0.2) is 0 Å². The molecule has 16 heavy (non-hydrogen) atoms. The van der Waals surface area contributed by atoms with Crippen LogP contribution in [0.2, 0.25) is 0 Å². The number of amides is 1. The van der Waals surface area contributed by atoms with Crippen LogP contribution in [-0.2, 0) is 4.79 Å². The minimum Gasteiger partial charge on any atom is -0.393 e. The number of aliphatic hydroxyl groups excluding tert-OH is 1. The van der Waals surface area contributed by atoms with Gasteiger partial charge in [-0.25, -0.2) is 0 Å². The zero-order valence-electron chi connectivity index (χ0n) is 10.2. The predicted octanol–water partition coefficient (Wildman–Crippen LogP) is 1.94. The Labute approximate surface area is 97.8 Å². The molecule has 0 aromatic heterocycles. The third-order valence-corrected chi connectivity index (χ3v) is 4.22. The van der Waals surface area contributed by atoms with E-state index in [0.29, 0.717) is 12.5 Å². The normalized spacial score (nSPS) is 31.6. The molecule has 1 amide bonds. The number of hydrogen-bond donors (Lipinski definition) is 1. The van der Waals surface area contributed by atoms with Crippen molar-refractivity contribution < 1.29 is 9.90 Å². The lowest BCUT2D eigenvalue weighted by molar-refractivity contribution is -0.137. The van der Waals surface area contributed by atoms with Gasteiger partial charge in [0.05, 0.1) is 6.10 Å². The van der Waals surface area contributed by atoms with Crippen molar-refractivity contribution in [2.24, 2.45) is 5.92 Å². The van der Waals surface area contributed by atoms with Crippen LogP contribution in [0, 0.1) is 5.92 Å². The number of carbonyl (C=O) groups excluding carboxylic acids is 1. The van der Waals surface area contributed by atoms with Crippen molar-refractivity contribution in [2.45, 2.75) is 63.5 Å². The zero-order chi connectivity index (χ0) is 11.5. The third kappa shape index (κ3) is 2.57. The summed E-state index contributed by atoms with van der Waals surface area (Å²) in [5.74, 6) is 0.352. The molecule has 0 unspecified atom stereocenters. The molecule has 3 nitrogen and oxygen atoms in total. The average molecular weight is 225 g/mol. The van der Waals surface area contributed by atoms with Crippen molar-refractivity contribution in [3.8, 4) is 0 Å². The number of carbonyl (C=O) groups is 1. The second-order valence-electron chi connectivity index (χ2n) is 5.40. The minimum absolute atomic E-state index is 0.0851. The van der Waals surface area contributed by atoms with Crippen LogP contribution in [-0.4, -0.2) is 35.1 Å². The van der Waals surface area contributed by atoms with Crippen LogP contribution in [0.3, 0.4) is 0 Å². The highest BCUT2D eigenvalue weighted by Gasteiger charge is 2.33. The van der Waals surface area contributed by atoms with Crippen molar-refractivity contribution in [1.82, 2.24) is 4.90 Å². The summed E-state index contributed by atoms with van der Waals surface area (Å²) in [6, 6.07) is 0.457. The predicted molar refractivity (Wildman–Crippen MR) is 63.0 cm³/mol. The molecule has 0 heterocycles. The maximum atomic E-state index is 12.2. The maximum absolute atomic E-state index is 12.2. The Morgan fingerprint density at radius 2 is 1.81 bits per heavy atom. The molecule has 0 aromatic rings. The van der Waals surface area contributed by atoms with Crippen LogP contribution < -0.4 is 0 Å². The largest absolute Gasteiger partial charge is 0.393 e. The van der Waals surface area contributed by atoms with Crippen LogP contribution in [0.4, 0.5) is 0 Å². The number of rotatable bonds is 2. The van der Waals surface area contributed by atoms with Gasteiger partial charge in [0.25, 0.3) is 0 Å². The van der Waals surface area contributed by atoms with E-state index in [1.165, 1.54) is 19.3 Å². The van der Waals surface area contributed by atoms with Crippen LogP contribution in [0.1, 0.15) is 51.4 Å². The summed E-state index contributed by atoms with van der Waals surface area (Å²) in [6.45, 7) is 0. The Hall–Kier alpha value is -0.570. The highest BCUT2D eigenvalue weighted by Crippen LogP contribution is 2.29. The molecule has 1 N–H and O–H groups in total. The fraction of sp³-hybridized carbons (Fsp3) is 0.923. The lowest BCUT2D eigenvalue weighted by atomic mass is 9.93. The molecule has 2 aliphatic carbocycles. The Kier molecular flexibility index (Phi) is 3.85. The molecule has 0 saturated heterocycles. The van der Waals surface area contributed by atoms with Gasteiger partial charge in [-0.2, -0.15) is 0 Å². The molecule has 0 aliphatic heterocycles. The van der Waals surface area contributed by atoms with Gasteiger partial charge in [0, 0.05) is 19.0 Å². The van der Waals surface area contributed by atoms with E-state index in [1.807, 2.05) is 11.9 Å². The van der Waals surface area contributed by atoms with E-state index in [9.17, 15) is 9.90 Å². The molecule has 0 bridgehead atoms. The molecule has 2 aliphatic rings. The second kappa shape index (κ2) is 5.17. The summed E-state index contributed by atoms with van der Waals surface area (Å²) >= 11 is 0. The van der Waals surface area contributed by atoms with E-state index in [-0.39, 0.29) is 17.9 Å². The summed E-state index contributed by atoms with van der Waals surface area (Å²) in [6.07, 6.45) is 8.27. The van der Waals surface area contributed by atoms with E-state index >= 15 is 0 Å². The van der Waals surface area contributed by atoms with E-state index in [4.69, 9.17) is 0 Å². The molecule has 2 saturated carbocycles. The molecule has 2 atom stereocenters. The highest BCUT2D eigenvalue weighted by atomic mass is 16.3. The fourth-order valence-corrected chi connectivity index (χ4v) is 3.12. The highest BCUT2D eigenvalue weighted by molar-refractivity contribution is 5.79. The van der Waals surface area contributed by atoms with Crippen LogP contribution in [0.5, 0.6) is 0 Å². The first-order valence-corrected chi connectivity index (χ1v) is 6.63. The lowest BCUT2D eigenvalue weighted by Gasteiger charge is -2.33. The minimum atomic E-state index is -0.242.